The van der Waals surface area contributed by atoms with E-state index < -0.39 is 0 Å². The smallest absolute Gasteiger partial charge is 0.169 e. The van der Waals surface area contributed by atoms with Crippen LogP contribution in [-0.4, -0.2) is 32.7 Å². The lowest BCUT2D eigenvalue weighted by atomic mass is 9.97. The predicted octanol–water partition coefficient (Wildman–Crippen LogP) is 6.26. The van der Waals surface area contributed by atoms with Gasteiger partial charge < -0.3 is 24.1 Å². The summed E-state index contributed by atoms with van der Waals surface area (Å²) in [7, 11) is 4.85. The molecule has 0 unspecified atom stereocenters. The zero-order valence-electron chi connectivity index (χ0n) is 21.2. The molecule has 0 heterocycles. The van der Waals surface area contributed by atoms with Crippen LogP contribution in [0.5, 0.6) is 28.7 Å². The van der Waals surface area contributed by atoms with Crippen molar-refractivity contribution in [1.29, 1.82) is 0 Å². The third-order valence-electron chi connectivity index (χ3n) is 6.18. The van der Waals surface area contributed by atoms with Gasteiger partial charge in [-0.05, 0) is 72.0 Å². The summed E-state index contributed by atoms with van der Waals surface area (Å²) in [5.74, 6) is 3.18. The van der Waals surface area contributed by atoms with E-state index in [1.165, 1.54) is 5.56 Å². The van der Waals surface area contributed by atoms with Gasteiger partial charge in [-0.15, -0.1) is 0 Å². The number of aliphatic hydroxyl groups is 1. The average molecular weight is 499 g/mol. The monoisotopic (exact) mass is 498 g/mol. The first kappa shape index (κ1) is 25.8. The maximum absolute atomic E-state index is 11.1. The van der Waals surface area contributed by atoms with Crippen LogP contribution in [0.3, 0.4) is 0 Å². The molecule has 37 heavy (non-hydrogen) atoms. The minimum Gasteiger partial charge on any atom is -0.496 e. The van der Waals surface area contributed by atoms with Gasteiger partial charge in [0.05, 0.1) is 27.9 Å². The van der Waals surface area contributed by atoms with Crippen LogP contribution in [0.15, 0.2) is 78.9 Å². The highest BCUT2D eigenvalue weighted by molar-refractivity contribution is 5.77. The Morgan fingerprint density at radius 3 is 1.78 bits per heavy atom. The summed E-state index contributed by atoms with van der Waals surface area (Å²) in [6, 6.07) is 24.8. The van der Waals surface area contributed by atoms with E-state index in [2.05, 4.69) is 12.1 Å². The Kier molecular flexibility index (Phi) is 8.44. The van der Waals surface area contributed by atoms with Crippen molar-refractivity contribution in [3.8, 4) is 39.9 Å². The molecule has 0 fully saturated rings. The Balaban J connectivity index is 1.45. The molecule has 1 N–H and O–H groups in total. The molecule has 190 valence electrons. The lowest BCUT2D eigenvalue weighted by Crippen LogP contribution is -1.97. The fraction of sp³-hybridized carbons (Fsp3) is 0.194. The van der Waals surface area contributed by atoms with Gasteiger partial charge in [0.2, 0.25) is 0 Å². The van der Waals surface area contributed by atoms with E-state index in [4.69, 9.17) is 18.9 Å². The molecule has 0 atom stereocenters. The third-order valence-corrected chi connectivity index (χ3v) is 6.18. The molecule has 0 saturated heterocycles. The zero-order valence-corrected chi connectivity index (χ0v) is 21.2. The second-order valence-electron chi connectivity index (χ2n) is 8.50. The van der Waals surface area contributed by atoms with Gasteiger partial charge in [-0.1, -0.05) is 36.4 Å². The van der Waals surface area contributed by atoms with E-state index in [0.717, 1.165) is 47.1 Å². The molecule has 0 amide bonds. The van der Waals surface area contributed by atoms with Gasteiger partial charge in [0.15, 0.2) is 11.5 Å². The largest absolute Gasteiger partial charge is 0.496 e. The van der Waals surface area contributed by atoms with Crippen molar-refractivity contribution in [2.45, 2.75) is 19.4 Å². The number of aldehydes is 1. The summed E-state index contributed by atoms with van der Waals surface area (Å²) in [5.41, 5.74) is 5.49. The first-order valence-electron chi connectivity index (χ1n) is 11.9. The van der Waals surface area contributed by atoms with Crippen LogP contribution in [0.1, 0.15) is 27.0 Å². The number of hydrogen-bond acceptors (Lipinski definition) is 6. The van der Waals surface area contributed by atoms with Crippen molar-refractivity contribution in [2.75, 3.05) is 21.3 Å². The SMILES string of the molecule is COc1ccc(C=O)cc1Oc1ccc(CCc2ccc(-c3ccc(CO)cc3OC)c(OC)c2)cc1. The molecule has 0 aliphatic rings. The molecule has 0 aliphatic carbocycles. The Morgan fingerprint density at radius 1 is 0.622 bits per heavy atom. The van der Waals surface area contributed by atoms with E-state index in [-0.39, 0.29) is 6.61 Å². The molecule has 6 heteroatoms. The van der Waals surface area contributed by atoms with E-state index in [9.17, 15) is 9.90 Å². The Bertz CT molecular complexity index is 1360. The minimum absolute atomic E-state index is 0.0403. The van der Waals surface area contributed by atoms with E-state index in [0.29, 0.717) is 28.6 Å². The number of hydrogen-bond donors (Lipinski definition) is 1. The van der Waals surface area contributed by atoms with Crippen molar-refractivity contribution in [2.24, 2.45) is 0 Å². The topological polar surface area (TPSA) is 74.2 Å². The number of carbonyl (C=O) groups excluding carboxylic acids is 1. The Morgan fingerprint density at radius 2 is 1.19 bits per heavy atom. The Labute approximate surface area is 217 Å². The number of methoxy groups -OCH3 is 3. The van der Waals surface area contributed by atoms with Crippen LogP contribution in [0.2, 0.25) is 0 Å². The molecular weight excluding hydrogens is 468 g/mol. The van der Waals surface area contributed by atoms with Crippen molar-refractivity contribution in [1.82, 2.24) is 0 Å². The van der Waals surface area contributed by atoms with Gasteiger partial charge in [-0.3, -0.25) is 4.79 Å². The molecule has 0 saturated carbocycles. The van der Waals surface area contributed by atoms with Crippen LogP contribution >= 0.6 is 0 Å². The van der Waals surface area contributed by atoms with Crippen molar-refractivity contribution in [3.63, 3.8) is 0 Å². The summed E-state index contributed by atoms with van der Waals surface area (Å²) in [6.45, 7) is -0.0403. The molecule has 0 bridgehead atoms. The Hall–Kier alpha value is -4.29. The summed E-state index contributed by atoms with van der Waals surface area (Å²) in [6.07, 6.45) is 2.47. The predicted molar refractivity (Wildman–Crippen MR) is 143 cm³/mol. The standard InChI is InChI=1S/C31H30O6/c1-34-28-15-10-24(20-33)18-31(28)37-25-11-6-21(7-12-25)4-5-22-8-13-26(29(16-22)35-2)27-14-9-23(19-32)17-30(27)36-3/h6-18,20,32H,4-5,19H2,1-3H3. The van der Waals surface area contributed by atoms with E-state index in [1.807, 2.05) is 48.5 Å². The van der Waals surface area contributed by atoms with E-state index in [1.54, 1.807) is 39.5 Å². The highest BCUT2D eigenvalue weighted by atomic mass is 16.5. The summed E-state index contributed by atoms with van der Waals surface area (Å²) < 4.78 is 22.5. The molecule has 4 aromatic carbocycles. The van der Waals surface area contributed by atoms with Gasteiger partial charge >= 0.3 is 0 Å². The fourth-order valence-electron chi connectivity index (χ4n) is 4.16. The second-order valence-corrected chi connectivity index (χ2v) is 8.50. The third kappa shape index (κ3) is 6.11. The molecule has 0 radical (unpaired) electrons. The summed E-state index contributed by atoms with van der Waals surface area (Å²) >= 11 is 0. The molecule has 0 aliphatic heterocycles. The van der Waals surface area contributed by atoms with Crippen LogP contribution < -0.4 is 18.9 Å². The van der Waals surface area contributed by atoms with Gasteiger partial charge in [-0.25, -0.2) is 0 Å². The van der Waals surface area contributed by atoms with Crippen LogP contribution in [0, 0.1) is 0 Å². The van der Waals surface area contributed by atoms with Crippen molar-refractivity contribution in [3.05, 3.63) is 101 Å². The highest BCUT2D eigenvalue weighted by Gasteiger charge is 2.13. The molecule has 0 spiro atoms. The van der Waals surface area contributed by atoms with Crippen LogP contribution in [0.25, 0.3) is 11.1 Å². The van der Waals surface area contributed by atoms with Gasteiger partial charge in [-0.2, -0.15) is 0 Å². The van der Waals surface area contributed by atoms with Crippen LogP contribution in [0.4, 0.5) is 0 Å². The number of ether oxygens (including phenoxy) is 4. The second kappa shape index (κ2) is 12.1. The number of aliphatic hydroxyl groups excluding tert-OH is 1. The van der Waals surface area contributed by atoms with Crippen LogP contribution in [-0.2, 0) is 19.4 Å². The number of benzene rings is 4. The lowest BCUT2D eigenvalue weighted by Gasteiger charge is -2.15. The average Bonchev–Trinajstić information content (AvgIpc) is 2.96. The van der Waals surface area contributed by atoms with Crippen molar-refractivity contribution < 1.29 is 28.8 Å². The first-order valence-corrected chi connectivity index (χ1v) is 11.9. The number of aryl methyl sites for hydroxylation is 2. The maximum atomic E-state index is 11.1. The van der Waals surface area contributed by atoms with Gasteiger partial charge in [0.25, 0.3) is 0 Å². The van der Waals surface area contributed by atoms with Crippen molar-refractivity contribution >= 4 is 6.29 Å². The first-order chi connectivity index (χ1) is 18.1. The van der Waals surface area contributed by atoms with E-state index >= 15 is 0 Å². The molecule has 0 aromatic heterocycles. The zero-order chi connectivity index (χ0) is 26.2. The molecule has 6 nitrogen and oxygen atoms in total. The van der Waals surface area contributed by atoms with Gasteiger partial charge in [0.1, 0.15) is 23.5 Å². The molecular formula is C31H30O6. The minimum atomic E-state index is -0.0403. The number of carbonyl (C=O) groups is 1. The normalized spacial score (nSPS) is 10.6. The highest BCUT2D eigenvalue weighted by Crippen LogP contribution is 2.38. The lowest BCUT2D eigenvalue weighted by molar-refractivity contribution is 0.112. The quantitative estimate of drug-likeness (QED) is 0.246. The number of rotatable bonds is 11. The maximum Gasteiger partial charge on any atom is 0.169 e. The van der Waals surface area contributed by atoms with Gasteiger partial charge in [0, 0.05) is 16.7 Å². The fourth-order valence-corrected chi connectivity index (χ4v) is 4.16. The molecule has 4 aromatic rings. The summed E-state index contributed by atoms with van der Waals surface area (Å²) in [4.78, 5) is 11.1. The molecule has 4 rings (SSSR count). The summed E-state index contributed by atoms with van der Waals surface area (Å²) in [5, 5.41) is 9.43.